The average Bonchev–Trinajstić information content (AvgIpc) is 2.39. The molecule has 0 atom stereocenters. The molecule has 0 saturated heterocycles. The van der Waals surface area contributed by atoms with Crippen LogP contribution in [0.2, 0.25) is 0 Å². The normalized spacial score (nSPS) is 10.4. The highest BCUT2D eigenvalue weighted by Crippen LogP contribution is 2.23. The quantitative estimate of drug-likeness (QED) is 0.739. The van der Waals surface area contributed by atoms with Gasteiger partial charge in [-0.25, -0.2) is 0 Å². The summed E-state index contributed by atoms with van der Waals surface area (Å²) in [5, 5.41) is 0.817. The molecule has 0 radical (unpaired) electrons. The Kier molecular flexibility index (Phi) is 4.43. The minimum Gasteiger partial charge on any atom is -0.489 e. The van der Waals surface area contributed by atoms with E-state index in [0.29, 0.717) is 6.61 Å². The van der Waals surface area contributed by atoms with Crippen LogP contribution < -0.4 is 4.74 Å². The van der Waals surface area contributed by atoms with E-state index in [2.05, 4.69) is 66.2 Å². The number of halogens is 1. The first-order valence-electron chi connectivity index (χ1n) is 6.03. The third kappa shape index (κ3) is 3.36. The molecule has 0 aliphatic heterocycles. The molecule has 1 nitrogen and oxygen atoms in total. The monoisotopic (exact) mass is 304 g/mol. The average molecular weight is 305 g/mol. The van der Waals surface area contributed by atoms with Crippen LogP contribution in [0.1, 0.15) is 22.3 Å². The number of aryl methyl sites for hydroxylation is 2. The van der Waals surface area contributed by atoms with Crippen LogP contribution in [0.15, 0.2) is 42.5 Å². The summed E-state index contributed by atoms with van der Waals surface area (Å²) >= 11 is 3.50. The molecule has 0 N–H and O–H groups in total. The van der Waals surface area contributed by atoms with Crippen LogP contribution in [0, 0.1) is 13.8 Å². The van der Waals surface area contributed by atoms with Gasteiger partial charge in [0.2, 0.25) is 0 Å². The van der Waals surface area contributed by atoms with Gasteiger partial charge in [-0.15, -0.1) is 0 Å². The number of hydrogen-bond donors (Lipinski definition) is 0. The lowest BCUT2D eigenvalue weighted by atomic mass is 10.1. The molecule has 0 fully saturated rings. The third-order valence-electron chi connectivity index (χ3n) is 2.87. The predicted octanol–water partition coefficient (Wildman–Crippen LogP) is 4.78. The third-order valence-corrected chi connectivity index (χ3v) is 3.48. The van der Waals surface area contributed by atoms with Crippen LogP contribution >= 0.6 is 15.9 Å². The van der Waals surface area contributed by atoms with E-state index in [1.807, 2.05) is 6.07 Å². The fourth-order valence-corrected chi connectivity index (χ4v) is 2.24. The second-order valence-electron chi connectivity index (χ2n) is 4.52. The summed E-state index contributed by atoms with van der Waals surface area (Å²) in [4.78, 5) is 0. The van der Waals surface area contributed by atoms with Crippen molar-refractivity contribution in [1.82, 2.24) is 0 Å². The SMILES string of the molecule is Cc1ccc(COc2ccc(C)cc2CBr)cc1. The molecule has 0 amide bonds. The van der Waals surface area contributed by atoms with Crippen molar-refractivity contribution in [2.45, 2.75) is 25.8 Å². The van der Waals surface area contributed by atoms with E-state index in [9.17, 15) is 0 Å². The van der Waals surface area contributed by atoms with Gasteiger partial charge in [-0.05, 0) is 25.5 Å². The maximum absolute atomic E-state index is 5.88. The van der Waals surface area contributed by atoms with Crippen LogP contribution in [-0.4, -0.2) is 0 Å². The van der Waals surface area contributed by atoms with E-state index >= 15 is 0 Å². The first-order valence-corrected chi connectivity index (χ1v) is 7.15. The van der Waals surface area contributed by atoms with Gasteiger partial charge < -0.3 is 4.74 Å². The molecule has 2 heteroatoms. The predicted molar refractivity (Wildman–Crippen MR) is 79.3 cm³/mol. The highest BCUT2D eigenvalue weighted by atomic mass is 79.9. The van der Waals surface area contributed by atoms with Crippen molar-refractivity contribution < 1.29 is 4.74 Å². The van der Waals surface area contributed by atoms with Crippen molar-refractivity contribution in [2.24, 2.45) is 0 Å². The zero-order valence-corrected chi connectivity index (χ0v) is 12.3. The largest absolute Gasteiger partial charge is 0.489 e. The number of hydrogen-bond acceptors (Lipinski definition) is 1. The molecule has 2 aromatic rings. The molecule has 0 spiro atoms. The van der Waals surface area contributed by atoms with Crippen molar-refractivity contribution in [2.75, 3.05) is 0 Å². The standard InChI is InChI=1S/C16H17BrO/c1-12-3-6-14(7-4-12)11-18-16-8-5-13(2)9-15(16)10-17/h3-9H,10-11H2,1-2H3. The van der Waals surface area contributed by atoms with Crippen molar-refractivity contribution >= 4 is 15.9 Å². The highest BCUT2D eigenvalue weighted by Gasteiger charge is 2.03. The number of rotatable bonds is 4. The van der Waals surface area contributed by atoms with Crippen molar-refractivity contribution in [3.05, 3.63) is 64.7 Å². The molecular formula is C16H17BrO. The van der Waals surface area contributed by atoms with E-state index in [0.717, 1.165) is 11.1 Å². The Balaban J connectivity index is 2.08. The zero-order valence-electron chi connectivity index (χ0n) is 10.7. The smallest absolute Gasteiger partial charge is 0.123 e. The van der Waals surface area contributed by atoms with Crippen molar-refractivity contribution in [3.8, 4) is 5.75 Å². The van der Waals surface area contributed by atoms with Gasteiger partial charge >= 0.3 is 0 Å². The van der Waals surface area contributed by atoms with Crippen LogP contribution in [0.4, 0.5) is 0 Å². The molecule has 0 aliphatic rings. The second-order valence-corrected chi connectivity index (χ2v) is 5.08. The molecule has 0 aliphatic carbocycles. The van der Waals surface area contributed by atoms with Gasteiger partial charge in [0.25, 0.3) is 0 Å². The van der Waals surface area contributed by atoms with Gasteiger partial charge in [0.05, 0.1) is 0 Å². The lowest BCUT2D eigenvalue weighted by Gasteiger charge is -2.11. The first-order chi connectivity index (χ1) is 8.69. The molecule has 2 aromatic carbocycles. The van der Waals surface area contributed by atoms with E-state index in [1.165, 1.54) is 22.3 Å². The van der Waals surface area contributed by atoms with Gasteiger partial charge in [0, 0.05) is 10.9 Å². The second kappa shape index (κ2) is 6.05. The van der Waals surface area contributed by atoms with E-state index < -0.39 is 0 Å². The van der Waals surface area contributed by atoms with Gasteiger partial charge in [-0.2, -0.15) is 0 Å². The van der Waals surface area contributed by atoms with Crippen LogP contribution in [0.5, 0.6) is 5.75 Å². The lowest BCUT2D eigenvalue weighted by molar-refractivity contribution is 0.304. The maximum Gasteiger partial charge on any atom is 0.123 e. The molecule has 2 rings (SSSR count). The molecule has 0 aromatic heterocycles. The Morgan fingerprint density at radius 2 is 1.61 bits per heavy atom. The van der Waals surface area contributed by atoms with Crippen LogP contribution in [-0.2, 0) is 11.9 Å². The molecule has 0 bridgehead atoms. The summed E-state index contributed by atoms with van der Waals surface area (Å²) in [7, 11) is 0. The number of ether oxygens (including phenoxy) is 1. The topological polar surface area (TPSA) is 9.23 Å². The maximum atomic E-state index is 5.88. The Morgan fingerprint density at radius 3 is 2.28 bits per heavy atom. The Labute approximate surface area is 117 Å². The summed E-state index contributed by atoms with van der Waals surface area (Å²) in [5.74, 6) is 0.957. The minimum atomic E-state index is 0.614. The fraction of sp³-hybridized carbons (Fsp3) is 0.250. The summed E-state index contributed by atoms with van der Waals surface area (Å²) < 4.78 is 5.88. The van der Waals surface area contributed by atoms with Crippen molar-refractivity contribution in [3.63, 3.8) is 0 Å². The van der Waals surface area contributed by atoms with Crippen molar-refractivity contribution in [1.29, 1.82) is 0 Å². The van der Waals surface area contributed by atoms with Gasteiger partial charge in [0.15, 0.2) is 0 Å². The van der Waals surface area contributed by atoms with Gasteiger partial charge in [0.1, 0.15) is 12.4 Å². The van der Waals surface area contributed by atoms with Gasteiger partial charge in [-0.1, -0.05) is 63.5 Å². The zero-order chi connectivity index (χ0) is 13.0. The van der Waals surface area contributed by atoms with Gasteiger partial charge in [-0.3, -0.25) is 0 Å². The molecule has 94 valence electrons. The molecule has 0 heterocycles. The Hall–Kier alpha value is -1.28. The van der Waals surface area contributed by atoms with Crippen LogP contribution in [0.3, 0.4) is 0 Å². The van der Waals surface area contributed by atoms with E-state index in [4.69, 9.17) is 4.74 Å². The van der Waals surface area contributed by atoms with E-state index in [-0.39, 0.29) is 0 Å². The number of benzene rings is 2. The Morgan fingerprint density at radius 1 is 0.944 bits per heavy atom. The fourth-order valence-electron chi connectivity index (χ4n) is 1.80. The minimum absolute atomic E-state index is 0.614. The first kappa shape index (κ1) is 13.2. The highest BCUT2D eigenvalue weighted by molar-refractivity contribution is 9.08. The number of alkyl halides is 1. The molecule has 0 saturated carbocycles. The summed E-state index contributed by atoms with van der Waals surface area (Å²) in [5.41, 5.74) is 4.92. The van der Waals surface area contributed by atoms with Crippen LogP contribution in [0.25, 0.3) is 0 Å². The molecule has 18 heavy (non-hydrogen) atoms. The summed E-state index contributed by atoms with van der Waals surface area (Å²) in [6.45, 7) is 4.80. The van der Waals surface area contributed by atoms with E-state index in [1.54, 1.807) is 0 Å². The molecular weight excluding hydrogens is 288 g/mol. The summed E-state index contributed by atoms with van der Waals surface area (Å²) in [6.07, 6.45) is 0. The summed E-state index contributed by atoms with van der Waals surface area (Å²) in [6, 6.07) is 14.7. The lowest BCUT2D eigenvalue weighted by Crippen LogP contribution is -1.98. The Bertz CT molecular complexity index is 517. The molecule has 0 unspecified atom stereocenters.